The number of benzene rings is 2. The monoisotopic (exact) mass is 697 g/mol. The van der Waals surface area contributed by atoms with Crippen LogP contribution in [-0.4, -0.2) is 56.0 Å². The second-order valence-corrected chi connectivity index (χ2v) is 13.8. The van der Waals surface area contributed by atoms with Crippen molar-refractivity contribution in [3.05, 3.63) is 108 Å². The smallest absolute Gasteiger partial charge is 0.219 e. The van der Waals surface area contributed by atoms with Gasteiger partial charge < -0.3 is 21.3 Å². The van der Waals surface area contributed by atoms with E-state index < -0.39 is 0 Å². The molecule has 0 radical (unpaired) electrons. The maximum atomic E-state index is 12.3. The van der Waals surface area contributed by atoms with Gasteiger partial charge in [0, 0.05) is 54.0 Å². The Bertz CT molecular complexity index is 1490. The van der Waals surface area contributed by atoms with Crippen LogP contribution in [0, 0.1) is 0 Å². The standard InChI is InChI=1S/C41H57N5O.2C2H6/c1-40(2)33-21-13-15-23-35(33)45(5)37(40)25-10-7-6-8-11-26-38-41(3,4)34-22-14-16-24-36(34)46(38)32-19-9-12-27-39(47)44-31-18-17-29-43-30-20-28-42;2*1-2/h6-8,10-11,13-16,21-26,43H,9,12,17-20,27-32,42H2,1-5H3;2*1-2H3/p+1. The molecule has 6 nitrogen and oxygen atoms in total. The van der Waals surface area contributed by atoms with Crippen molar-refractivity contribution < 1.29 is 9.37 Å². The molecule has 0 saturated carbocycles. The van der Waals surface area contributed by atoms with E-state index in [9.17, 15) is 4.79 Å². The van der Waals surface area contributed by atoms with Gasteiger partial charge in [-0.2, -0.15) is 4.58 Å². The average Bonchev–Trinajstić information content (AvgIpc) is 3.48. The number of allylic oxidation sites excluding steroid dienone is 8. The molecule has 2 aromatic rings. The maximum absolute atomic E-state index is 12.3. The number of carbonyl (C=O) groups excluding carboxylic acids is 1. The number of hydrogen-bond acceptors (Lipinski definition) is 4. The van der Waals surface area contributed by atoms with Gasteiger partial charge in [0.25, 0.3) is 0 Å². The summed E-state index contributed by atoms with van der Waals surface area (Å²) in [5.41, 5.74) is 13.4. The quantitative estimate of drug-likeness (QED) is 0.0825. The van der Waals surface area contributed by atoms with E-state index in [1.54, 1.807) is 0 Å². The van der Waals surface area contributed by atoms with E-state index in [-0.39, 0.29) is 16.7 Å². The number of para-hydroxylation sites is 2. The number of unbranched alkanes of at least 4 members (excludes halogenated alkanes) is 3. The molecule has 4 rings (SSSR count). The van der Waals surface area contributed by atoms with Crippen LogP contribution in [0.5, 0.6) is 0 Å². The van der Waals surface area contributed by atoms with Crippen molar-refractivity contribution in [3.63, 3.8) is 0 Å². The van der Waals surface area contributed by atoms with Gasteiger partial charge in [0.2, 0.25) is 11.6 Å². The minimum atomic E-state index is -0.0747. The third-order valence-corrected chi connectivity index (χ3v) is 9.64. The summed E-state index contributed by atoms with van der Waals surface area (Å²) in [4.78, 5) is 14.8. The maximum Gasteiger partial charge on any atom is 0.219 e. The third kappa shape index (κ3) is 12.2. The summed E-state index contributed by atoms with van der Waals surface area (Å²) in [6.45, 7) is 21.6. The molecule has 2 aliphatic heterocycles. The summed E-state index contributed by atoms with van der Waals surface area (Å²) in [7, 11) is 2.15. The molecule has 280 valence electrons. The summed E-state index contributed by atoms with van der Waals surface area (Å²) in [5, 5.41) is 6.47. The van der Waals surface area contributed by atoms with E-state index in [0.29, 0.717) is 6.42 Å². The third-order valence-electron chi connectivity index (χ3n) is 9.64. The molecule has 2 heterocycles. The van der Waals surface area contributed by atoms with E-state index in [2.05, 4.69) is 146 Å². The first-order valence-corrected chi connectivity index (χ1v) is 19.7. The first-order valence-electron chi connectivity index (χ1n) is 19.7. The number of nitrogens with one attached hydrogen (secondary N) is 2. The Labute approximate surface area is 311 Å². The van der Waals surface area contributed by atoms with Gasteiger partial charge in [0.05, 0.1) is 5.41 Å². The molecule has 0 bridgehead atoms. The highest BCUT2D eigenvalue weighted by Gasteiger charge is 2.42. The molecule has 51 heavy (non-hydrogen) atoms. The number of anilines is 1. The highest BCUT2D eigenvalue weighted by molar-refractivity contribution is 6.03. The van der Waals surface area contributed by atoms with Gasteiger partial charge in [-0.15, -0.1) is 0 Å². The summed E-state index contributed by atoms with van der Waals surface area (Å²) < 4.78 is 2.30. The molecule has 0 unspecified atom stereocenters. The lowest BCUT2D eigenvalue weighted by atomic mass is 9.81. The van der Waals surface area contributed by atoms with Crippen LogP contribution in [0.4, 0.5) is 11.4 Å². The summed E-state index contributed by atoms with van der Waals surface area (Å²) in [6, 6.07) is 17.4. The number of carbonyl (C=O) groups is 1. The van der Waals surface area contributed by atoms with Crippen LogP contribution in [-0.2, 0) is 15.6 Å². The Morgan fingerprint density at radius 1 is 0.745 bits per heavy atom. The fourth-order valence-electron chi connectivity index (χ4n) is 6.95. The van der Waals surface area contributed by atoms with E-state index in [0.717, 1.165) is 71.2 Å². The zero-order valence-corrected chi connectivity index (χ0v) is 33.5. The van der Waals surface area contributed by atoms with E-state index in [1.165, 1.54) is 33.9 Å². The Morgan fingerprint density at radius 2 is 1.37 bits per heavy atom. The lowest BCUT2D eigenvalue weighted by Gasteiger charge is -2.27. The fraction of sp³-hybridized carbons (Fsp3) is 0.511. The average molecular weight is 697 g/mol. The van der Waals surface area contributed by atoms with Gasteiger partial charge in [-0.05, 0) is 83.3 Å². The van der Waals surface area contributed by atoms with Crippen molar-refractivity contribution in [2.45, 2.75) is 111 Å². The molecular formula is C45H70N5O+. The molecule has 1 amide bonds. The second kappa shape index (κ2) is 22.9. The van der Waals surface area contributed by atoms with Gasteiger partial charge in [-0.3, -0.25) is 4.79 Å². The van der Waals surface area contributed by atoms with Crippen LogP contribution in [0.2, 0.25) is 0 Å². The van der Waals surface area contributed by atoms with Crippen molar-refractivity contribution >= 4 is 23.0 Å². The van der Waals surface area contributed by atoms with Crippen LogP contribution in [0.1, 0.15) is 111 Å². The van der Waals surface area contributed by atoms with Crippen molar-refractivity contribution in [1.82, 2.24) is 10.6 Å². The topological polar surface area (TPSA) is 73.4 Å². The first kappa shape index (κ1) is 43.4. The predicted molar refractivity (Wildman–Crippen MR) is 223 cm³/mol. The number of hydrogen-bond donors (Lipinski definition) is 3. The van der Waals surface area contributed by atoms with E-state index in [4.69, 9.17) is 5.73 Å². The van der Waals surface area contributed by atoms with Crippen molar-refractivity contribution in [1.29, 1.82) is 0 Å². The van der Waals surface area contributed by atoms with Crippen molar-refractivity contribution in [3.8, 4) is 0 Å². The van der Waals surface area contributed by atoms with Crippen LogP contribution in [0.15, 0.2) is 96.8 Å². The molecular weight excluding hydrogens is 627 g/mol. The highest BCUT2D eigenvalue weighted by atomic mass is 16.1. The zero-order chi connectivity index (χ0) is 37.7. The SMILES string of the molecule is CC.CC.C[N+]1=C(/C=C/C=C/C=C/C=C2/N(CCCCCC(=O)NCCCCNCCCN)c3ccccc3C2(C)C)C(C)(C)c2ccccc21. The predicted octanol–water partition coefficient (Wildman–Crippen LogP) is 9.49. The van der Waals surface area contributed by atoms with Gasteiger partial charge in [0.1, 0.15) is 7.05 Å². The molecule has 0 fully saturated rings. The molecule has 0 spiro atoms. The van der Waals surface area contributed by atoms with Crippen LogP contribution < -0.4 is 21.3 Å². The Hall–Kier alpha value is -3.74. The minimum Gasteiger partial charge on any atom is -0.356 e. The summed E-state index contributed by atoms with van der Waals surface area (Å²) >= 11 is 0. The Morgan fingerprint density at radius 3 is 2.10 bits per heavy atom. The van der Waals surface area contributed by atoms with E-state index in [1.807, 2.05) is 27.7 Å². The minimum absolute atomic E-state index is 0.0167. The molecule has 4 N–H and O–H groups in total. The number of rotatable bonds is 18. The molecule has 0 atom stereocenters. The number of nitrogens with two attached hydrogens (primary N) is 1. The Balaban J connectivity index is 0.00000217. The molecule has 2 aliphatic rings. The highest BCUT2D eigenvalue weighted by Crippen LogP contribution is 2.47. The number of nitrogens with zero attached hydrogens (tertiary/aromatic N) is 2. The zero-order valence-electron chi connectivity index (χ0n) is 33.5. The Kier molecular flexibility index (Phi) is 19.5. The molecule has 0 aromatic heterocycles. The number of amides is 1. The summed E-state index contributed by atoms with van der Waals surface area (Å²) in [6.07, 6.45) is 21.8. The van der Waals surface area contributed by atoms with Gasteiger partial charge in [0.15, 0.2) is 5.71 Å². The normalized spacial score (nSPS) is 16.4. The largest absolute Gasteiger partial charge is 0.356 e. The van der Waals surface area contributed by atoms with Crippen molar-refractivity contribution in [2.75, 3.05) is 44.7 Å². The molecule has 0 saturated heterocycles. The molecule has 6 heteroatoms. The second-order valence-electron chi connectivity index (χ2n) is 13.8. The molecule has 2 aromatic carbocycles. The van der Waals surface area contributed by atoms with Crippen LogP contribution in [0.3, 0.4) is 0 Å². The first-order chi connectivity index (χ1) is 24.7. The lowest BCUT2D eigenvalue weighted by molar-refractivity contribution is -0.401. The van der Waals surface area contributed by atoms with Gasteiger partial charge >= 0.3 is 0 Å². The van der Waals surface area contributed by atoms with Crippen LogP contribution >= 0.6 is 0 Å². The lowest BCUT2D eigenvalue weighted by Crippen LogP contribution is -2.27. The van der Waals surface area contributed by atoms with E-state index >= 15 is 0 Å². The number of fused-ring (bicyclic) bond motifs is 2. The van der Waals surface area contributed by atoms with Gasteiger partial charge in [-0.25, -0.2) is 0 Å². The summed E-state index contributed by atoms with van der Waals surface area (Å²) in [5.74, 6) is 0.171. The van der Waals surface area contributed by atoms with Crippen molar-refractivity contribution in [2.24, 2.45) is 5.73 Å². The molecule has 0 aliphatic carbocycles. The van der Waals surface area contributed by atoms with Crippen LogP contribution in [0.25, 0.3) is 0 Å². The van der Waals surface area contributed by atoms with Gasteiger partial charge in [-0.1, -0.05) is 115 Å². The fourth-order valence-corrected chi connectivity index (χ4v) is 6.95.